The van der Waals surface area contributed by atoms with Gasteiger partial charge in [-0.2, -0.15) is 0 Å². The van der Waals surface area contributed by atoms with Gasteiger partial charge in [-0.3, -0.25) is 4.79 Å². The Morgan fingerprint density at radius 1 is 1.07 bits per heavy atom. The van der Waals surface area contributed by atoms with Crippen LogP contribution in [0.25, 0.3) is 11.1 Å². The molecule has 3 rings (SSSR count). The second kappa shape index (κ2) is 9.65. The first-order chi connectivity index (χ1) is 14.5. The summed E-state index contributed by atoms with van der Waals surface area (Å²) < 4.78 is 15.7. The minimum Gasteiger partial charge on any atom is -0.497 e. The first-order valence-corrected chi connectivity index (χ1v) is 10.3. The number of benzene rings is 2. The average Bonchev–Trinajstić information content (AvgIpc) is 3.17. The predicted octanol–water partition coefficient (Wildman–Crippen LogP) is 5.51. The Hall–Kier alpha value is -3.03. The molecule has 30 heavy (non-hydrogen) atoms. The van der Waals surface area contributed by atoms with Crippen molar-refractivity contribution in [1.29, 1.82) is 0 Å². The number of anilines is 1. The molecule has 8 heteroatoms. The summed E-state index contributed by atoms with van der Waals surface area (Å²) in [4.78, 5) is 25.6. The van der Waals surface area contributed by atoms with Crippen LogP contribution < -0.4 is 14.8 Å². The Bertz CT molecular complexity index is 1060. The lowest BCUT2D eigenvalue weighted by Gasteiger charge is -2.12. The van der Waals surface area contributed by atoms with Crippen LogP contribution in [0.15, 0.2) is 47.8 Å². The number of halogens is 1. The topological polar surface area (TPSA) is 73.9 Å². The lowest BCUT2D eigenvalue weighted by Crippen LogP contribution is -2.15. The van der Waals surface area contributed by atoms with Crippen LogP contribution in [0, 0.1) is 0 Å². The van der Waals surface area contributed by atoms with Crippen molar-refractivity contribution in [2.24, 2.45) is 0 Å². The molecular formula is C22H20ClNO5S. The fourth-order valence-corrected chi connectivity index (χ4v) is 3.93. The predicted molar refractivity (Wildman–Crippen MR) is 118 cm³/mol. The number of ether oxygens (including phenoxy) is 3. The monoisotopic (exact) mass is 445 g/mol. The van der Waals surface area contributed by atoms with E-state index in [1.165, 1.54) is 25.6 Å². The van der Waals surface area contributed by atoms with E-state index in [0.717, 1.165) is 5.56 Å². The molecule has 1 heterocycles. The van der Waals surface area contributed by atoms with Gasteiger partial charge in [-0.15, -0.1) is 11.3 Å². The van der Waals surface area contributed by atoms with E-state index >= 15 is 0 Å². The zero-order valence-corrected chi connectivity index (χ0v) is 18.2. The number of esters is 1. The number of carbonyl (C=O) groups is 2. The van der Waals surface area contributed by atoms with Gasteiger partial charge in [0.15, 0.2) is 0 Å². The Kier molecular flexibility index (Phi) is 6.97. The highest BCUT2D eigenvalue weighted by atomic mass is 35.5. The number of amides is 1. The highest BCUT2D eigenvalue weighted by Gasteiger charge is 2.24. The third kappa shape index (κ3) is 4.58. The van der Waals surface area contributed by atoms with Crippen LogP contribution in [0.3, 0.4) is 0 Å². The van der Waals surface area contributed by atoms with Crippen molar-refractivity contribution in [3.05, 3.63) is 64.0 Å². The third-order valence-corrected chi connectivity index (χ3v) is 5.45. The van der Waals surface area contributed by atoms with Gasteiger partial charge in [0.25, 0.3) is 5.91 Å². The van der Waals surface area contributed by atoms with E-state index in [4.69, 9.17) is 25.8 Å². The molecule has 1 aromatic heterocycles. The van der Waals surface area contributed by atoms with Gasteiger partial charge in [0.1, 0.15) is 22.1 Å². The maximum absolute atomic E-state index is 12.9. The van der Waals surface area contributed by atoms with Gasteiger partial charge >= 0.3 is 5.97 Å². The van der Waals surface area contributed by atoms with Crippen LogP contribution in [-0.2, 0) is 4.74 Å². The molecule has 0 aliphatic heterocycles. The van der Waals surface area contributed by atoms with Gasteiger partial charge in [0.2, 0.25) is 0 Å². The zero-order chi connectivity index (χ0) is 21.7. The number of hydrogen-bond donors (Lipinski definition) is 1. The van der Waals surface area contributed by atoms with Crippen molar-refractivity contribution >= 4 is 39.8 Å². The molecule has 1 N–H and O–H groups in total. The molecule has 1 amide bonds. The van der Waals surface area contributed by atoms with E-state index < -0.39 is 11.9 Å². The number of rotatable bonds is 7. The summed E-state index contributed by atoms with van der Waals surface area (Å²) in [5.74, 6) is 0.000954. The van der Waals surface area contributed by atoms with Gasteiger partial charge in [0.05, 0.1) is 26.4 Å². The lowest BCUT2D eigenvalue weighted by atomic mass is 10.0. The fourth-order valence-electron chi connectivity index (χ4n) is 2.85. The third-order valence-electron chi connectivity index (χ3n) is 4.31. The number of methoxy groups -OCH3 is 2. The second-order valence-corrected chi connectivity index (χ2v) is 7.42. The number of carbonyl (C=O) groups excluding carboxylic acids is 2. The quantitative estimate of drug-likeness (QED) is 0.485. The summed E-state index contributed by atoms with van der Waals surface area (Å²) in [7, 11) is 3.00. The van der Waals surface area contributed by atoms with Crippen molar-refractivity contribution in [3.63, 3.8) is 0 Å². The van der Waals surface area contributed by atoms with Crippen molar-refractivity contribution in [2.75, 3.05) is 26.1 Å². The summed E-state index contributed by atoms with van der Waals surface area (Å²) >= 11 is 7.22. The average molecular weight is 446 g/mol. The number of hydrogen-bond acceptors (Lipinski definition) is 6. The van der Waals surface area contributed by atoms with E-state index in [1.54, 1.807) is 42.6 Å². The van der Waals surface area contributed by atoms with Crippen LogP contribution >= 0.6 is 22.9 Å². The SMILES string of the molecule is CCOC(=O)c1c(-c2ccc(Cl)cc2)csc1NC(=O)c1ccc(OC)cc1OC. The number of nitrogens with one attached hydrogen (secondary N) is 1. The first-order valence-electron chi connectivity index (χ1n) is 9.06. The molecule has 0 bridgehead atoms. The second-order valence-electron chi connectivity index (χ2n) is 6.10. The summed E-state index contributed by atoms with van der Waals surface area (Å²) in [6.07, 6.45) is 0. The van der Waals surface area contributed by atoms with Crippen molar-refractivity contribution in [2.45, 2.75) is 6.92 Å². The van der Waals surface area contributed by atoms with E-state index in [9.17, 15) is 9.59 Å². The molecule has 0 unspecified atom stereocenters. The molecular weight excluding hydrogens is 426 g/mol. The first kappa shape index (κ1) is 21.7. The molecule has 0 atom stereocenters. The summed E-state index contributed by atoms with van der Waals surface area (Å²) in [5, 5.41) is 5.59. The largest absolute Gasteiger partial charge is 0.497 e. The molecule has 0 spiro atoms. The summed E-state index contributed by atoms with van der Waals surface area (Å²) in [6.45, 7) is 1.95. The van der Waals surface area contributed by atoms with Crippen LogP contribution in [0.4, 0.5) is 5.00 Å². The molecule has 0 aliphatic carbocycles. The van der Waals surface area contributed by atoms with E-state index in [1.807, 2.05) is 12.1 Å². The Labute approximate surface area is 183 Å². The molecule has 0 radical (unpaired) electrons. The highest BCUT2D eigenvalue weighted by molar-refractivity contribution is 7.15. The Morgan fingerprint density at radius 3 is 2.43 bits per heavy atom. The van der Waals surface area contributed by atoms with Crippen LogP contribution in [-0.4, -0.2) is 32.7 Å². The van der Waals surface area contributed by atoms with E-state index in [0.29, 0.717) is 38.2 Å². The Morgan fingerprint density at radius 2 is 1.80 bits per heavy atom. The summed E-state index contributed by atoms with van der Waals surface area (Å²) in [6, 6.07) is 12.0. The molecule has 2 aromatic carbocycles. The van der Waals surface area contributed by atoms with Crippen LogP contribution in [0.2, 0.25) is 5.02 Å². The molecule has 3 aromatic rings. The normalized spacial score (nSPS) is 10.4. The fraction of sp³-hybridized carbons (Fsp3) is 0.182. The molecule has 6 nitrogen and oxygen atoms in total. The minimum absolute atomic E-state index is 0.217. The molecule has 0 fully saturated rings. The maximum Gasteiger partial charge on any atom is 0.341 e. The number of thiophene rings is 1. The zero-order valence-electron chi connectivity index (χ0n) is 16.7. The molecule has 156 valence electrons. The summed E-state index contributed by atoms with van der Waals surface area (Å²) in [5.41, 5.74) is 2.06. The van der Waals surface area contributed by atoms with E-state index in [2.05, 4.69) is 5.32 Å². The van der Waals surface area contributed by atoms with Crippen molar-refractivity contribution < 1.29 is 23.8 Å². The van der Waals surface area contributed by atoms with Gasteiger partial charge in [0, 0.05) is 22.0 Å². The highest BCUT2D eigenvalue weighted by Crippen LogP contribution is 2.37. The van der Waals surface area contributed by atoms with E-state index in [-0.39, 0.29) is 6.61 Å². The molecule has 0 saturated carbocycles. The lowest BCUT2D eigenvalue weighted by molar-refractivity contribution is 0.0529. The van der Waals surface area contributed by atoms with Crippen molar-refractivity contribution in [3.8, 4) is 22.6 Å². The van der Waals surface area contributed by atoms with Gasteiger partial charge in [-0.25, -0.2) is 4.79 Å². The van der Waals surface area contributed by atoms with Gasteiger partial charge in [-0.05, 0) is 36.8 Å². The van der Waals surface area contributed by atoms with Crippen molar-refractivity contribution in [1.82, 2.24) is 0 Å². The van der Waals surface area contributed by atoms with Crippen LogP contribution in [0.5, 0.6) is 11.5 Å². The molecule has 0 saturated heterocycles. The van der Waals surface area contributed by atoms with Gasteiger partial charge in [-0.1, -0.05) is 23.7 Å². The smallest absolute Gasteiger partial charge is 0.341 e. The van der Waals surface area contributed by atoms with Gasteiger partial charge < -0.3 is 19.5 Å². The standard InChI is InChI=1S/C22H20ClNO5S/c1-4-29-22(26)19-17(13-5-7-14(23)8-6-13)12-30-21(19)24-20(25)16-10-9-15(27-2)11-18(16)28-3/h5-12H,4H2,1-3H3,(H,24,25). The van der Waals surface area contributed by atoms with Crippen LogP contribution in [0.1, 0.15) is 27.6 Å². The maximum atomic E-state index is 12.9. The minimum atomic E-state index is -0.513. The Balaban J connectivity index is 1.99. The molecule has 0 aliphatic rings.